The summed E-state index contributed by atoms with van der Waals surface area (Å²) >= 11 is 3.90. The molecule has 0 spiro atoms. The molecule has 5 rings (SSSR count). The first-order valence-electron chi connectivity index (χ1n) is 10.2. The third-order valence-electron chi connectivity index (χ3n) is 6.49. The summed E-state index contributed by atoms with van der Waals surface area (Å²) in [6.07, 6.45) is 1.54. The molecule has 0 saturated heterocycles. The Balaban J connectivity index is 1.67. The van der Waals surface area contributed by atoms with Gasteiger partial charge in [0.15, 0.2) is 0 Å². The number of fused-ring (bicyclic) bond motifs is 1. The molecule has 2 fully saturated rings. The minimum atomic E-state index is -2.73. The molecule has 3 aromatic rings. The Morgan fingerprint density at radius 3 is 1.59 bits per heavy atom. The molecule has 0 bridgehead atoms. The van der Waals surface area contributed by atoms with E-state index in [4.69, 9.17) is 4.43 Å². The summed E-state index contributed by atoms with van der Waals surface area (Å²) in [5, 5.41) is 3.72. The van der Waals surface area contributed by atoms with Gasteiger partial charge in [0.25, 0.3) is 8.32 Å². The molecule has 0 radical (unpaired) electrons. The fourth-order valence-electron chi connectivity index (χ4n) is 4.96. The van der Waals surface area contributed by atoms with Crippen molar-refractivity contribution in [2.75, 3.05) is 0 Å². The number of Topliss-reactive ketones (excluding diaryl/α,β-unsaturated/α-hetero) is 1. The van der Waals surface area contributed by atoms with Crippen molar-refractivity contribution in [1.29, 1.82) is 0 Å². The molecular weight excluding hydrogens is 440 g/mol. The van der Waals surface area contributed by atoms with Crippen molar-refractivity contribution < 1.29 is 9.22 Å². The van der Waals surface area contributed by atoms with Crippen LogP contribution in [0.5, 0.6) is 0 Å². The van der Waals surface area contributed by atoms with Crippen molar-refractivity contribution in [2.24, 2.45) is 11.8 Å². The highest BCUT2D eigenvalue weighted by Gasteiger charge is 2.55. The van der Waals surface area contributed by atoms with Gasteiger partial charge in [-0.3, -0.25) is 4.79 Å². The molecule has 4 atom stereocenters. The molecule has 2 nitrogen and oxygen atoms in total. The number of hydrogen-bond donors (Lipinski definition) is 0. The lowest BCUT2D eigenvalue weighted by atomic mass is 9.75. The molecule has 3 aromatic carbocycles. The van der Waals surface area contributed by atoms with Gasteiger partial charge in [0.1, 0.15) is 5.78 Å². The minimum absolute atomic E-state index is 0.0312. The van der Waals surface area contributed by atoms with Gasteiger partial charge < -0.3 is 4.43 Å². The van der Waals surface area contributed by atoms with E-state index in [-0.39, 0.29) is 16.8 Å². The van der Waals surface area contributed by atoms with Crippen LogP contribution in [0.15, 0.2) is 91.0 Å². The second-order valence-electron chi connectivity index (χ2n) is 8.06. The summed E-state index contributed by atoms with van der Waals surface area (Å²) in [4.78, 5) is 12.3. The highest BCUT2D eigenvalue weighted by molar-refractivity contribution is 9.09. The van der Waals surface area contributed by atoms with Crippen molar-refractivity contribution in [3.63, 3.8) is 0 Å². The van der Waals surface area contributed by atoms with Crippen molar-refractivity contribution in [1.82, 2.24) is 0 Å². The summed E-state index contributed by atoms with van der Waals surface area (Å²) < 4.78 is 7.24. The number of hydrogen-bond acceptors (Lipinski definition) is 2. The van der Waals surface area contributed by atoms with Gasteiger partial charge in [-0.05, 0) is 27.9 Å². The van der Waals surface area contributed by atoms with Crippen LogP contribution in [0.3, 0.4) is 0 Å². The van der Waals surface area contributed by atoms with E-state index >= 15 is 0 Å². The standard InChI is InChI=1S/C25H23BrO2Si/c26-25-22-16-23(27)21(22)17-24(25)28-29(18-10-4-1-5-11-18,19-12-6-2-7-13-19)20-14-8-3-9-15-20/h1-15,21-22,24-25H,16-17H2. The van der Waals surface area contributed by atoms with Gasteiger partial charge in [0, 0.05) is 17.2 Å². The average Bonchev–Trinajstić information content (AvgIpc) is 3.03. The van der Waals surface area contributed by atoms with Crippen molar-refractivity contribution in [2.45, 2.75) is 23.8 Å². The van der Waals surface area contributed by atoms with Gasteiger partial charge in [-0.15, -0.1) is 0 Å². The minimum Gasteiger partial charge on any atom is -0.400 e. The van der Waals surface area contributed by atoms with E-state index < -0.39 is 8.32 Å². The molecule has 146 valence electrons. The van der Waals surface area contributed by atoms with Crippen LogP contribution in [0, 0.1) is 11.8 Å². The largest absolute Gasteiger partial charge is 0.400 e. The Morgan fingerprint density at radius 1 is 0.759 bits per heavy atom. The van der Waals surface area contributed by atoms with E-state index in [9.17, 15) is 4.79 Å². The Kier molecular flexibility index (Phi) is 5.02. The predicted octanol–water partition coefficient (Wildman–Crippen LogP) is 3.41. The highest BCUT2D eigenvalue weighted by atomic mass is 79.9. The normalized spacial score (nSPS) is 26.0. The fourth-order valence-corrected chi connectivity index (χ4v) is 10.1. The molecule has 0 aliphatic heterocycles. The number of benzene rings is 3. The second-order valence-corrected chi connectivity index (χ2v) is 12.4. The summed E-state index contributed by atoms with van der Waals surface area (Å²) in [5.74, 6) is 0.983. The van der Waals surface area contributed by atoms with Gasteiger partial charge in [0.2, 0.25) is 0 Å². The maximum atomic E-state index is 12.1. The van der Waals surface area contributed by atoms with Crippen LogP contribution in [0.25, 0.3) is 0 Å². The van der Waals surface area contributed by atoms with E-state index in [1.807, 2.05) is 0 Å². The van der Waals surface area contributed by atoms with Crippen molar-refractivity contribution in [3.8, 4) is 0 Å². The van der Waals surface area contributed by atoms with Crippen LogP contribution in [0.1, 0.15) is 12.8 Å². The molecule has 2 aliphatic carbocycles. The molecule has 29 heavy (non-hydrogen) atoms. The number of alkyl halides is 1. The zero-order valence-corrected chi connectivity index (χ0v) is 18.7. The van der Waals surface area contributed by atoms with Crippen molar-refractivity contribution >= 4 is 45.6 Å². The quantitative estimate of drug-likeness (QED) is 0.329. The number of carbonyl (C=O) groups is 1. The maximum Gasteiger partial charge on any atom is 0.288 e. The lowest BCUT2D eigenvalue weighted by Crippen LogP contribution is -2.70. The molecule has 0 N–H and O–H groups in total. The SMILES string of the molecule is O=C1CC2C1CC(O[Si](c1ccccc1)(c1ccccc1)c1ccccc1)C2Br. The third-order valence-corrected chi connectivity index (χ3v) is 11.9. The maximum absolute atomic E-state index is 12.1. The van der Waals surface area contributed by atoms with Gasteiger partial charge in [-0.1, -0.05) is 107 Å². The summed E-state index contributed by atoms with van der Waals surface area (Å²) in [7, 11) is -2.73. The van der Waals surface area contributed by atoms with Crippen LogP contribution in [0.4, 0.5) is 0 Å². The van der Waals surface area contributed by atoms with Crippen LogP contribution >= 0.6 is 15.9 Å². The molecule has 2 aliphatic rings. The van der Waals surface area contributed by atoms with Crippen LogP contribution < -0.4 is 15.6 Å². The van der Waals surface area contributed by atoms with E-state index in [1.54, 1.807) is 0 Å². The summed E-state index contributed by atoms with van der Waals surface area (Å²) in [6, 6.07) is 31.9. The van der Waals surface area contributed by atoms with Gasteiger partial charge in [-0.25, -0.2) is 0 Å². The van der Waals surface area contributed by atoms with Crippen molar-refractivity contribution in [3.05, 3.63) is 91.0 Å². The topological polar surface area (TPSA) is 26.3 Å². The number of carbonyl (C=O) groups excluding carboxylic acids is 1. The number of rotatable bonds is 5. The lowest BCUT2D eigenvalue weighted by Gasteiger charge is -2.37. The fraction of sp³-hybridized carbons (Fsp3) is 0.240. The Hall–Kier alpha value is -2.01. The second kappa shape index (κ2) is 7.67. The van der Waals surface area contributed by atoms with E-state index in [0.717, 1.165) is 6.42 Å². The molecular formula is C25H23BrO2Si. The predicted molar refractivity (Wildman–Crippen MR) is 123 cm³/mol. The summed E-state index contributed by atoms with van der Waals surface area (Å²) in [6.45, 7) is 0. The zero-order chi connectivity index (χ0) is 19.8. The molecule has 0 aromatic heterocycles. The molecule has 2 saturated carbocycles. The summed E-state index contributed by atoms with van der Waals surface area (Å²) in [5.41, 5.74) is 0. The van der Waals surface area contributed by atoms with E-state index in [0.29, 0.717) is 18.1 Å². The Bertz CT molecular complexity index is 896. The monoisotopic (exact) mass is 462 g/mol. The molecule has 4 unspecified atom stereocenters. The first-order chi connectivity index (χ1) is 14.2. The van der Waals surface area contributed by atoms with Crippen LogP contribution in [0.2, 0.25) is 0 Å². The van der Waals surface area contributed by atoms with E-state index in [1.165, 1.54) is 15.6 Å². The highest BCUT2D eigenvalue weighted by Crippen LogP contribution is 2.49. The Morgan fingerprint density at radius 2 is 1.21 bits per heavy atom. The smallest absolute Gasteiger partial charge is 0.288 e. The average molecular weight is 463 g/mol. The molecule has 0 amide bonds. The Labute approximate surface area is 181 Å². The number of halogens is 1. The zero-order valence-electron chi connectivity index (χ0n) is 16.1. The first kappa shape index (κ1) is 19.0. The molecule has 4 heteroatoms. The van der Waals surface area contributed by atoms with Gasteiger partial charge in [-0.2, -0.15) is 0 Å². The third kappa shape index (κ3) is 3.14. The van der Waals surface area contributed by atoms with E-state index in [2.05, 4.69) is 107 Å². The first-order valence-corrected chi connectivity index (χ1v) is 13.0. The lowest BCUT2D eigenvalue weighted by molar-refractivity contribution is -0.132. The van der Waals surface area contributed by atoms with Gasteiger partial charge >= 0.3 is 0 Å². The molecule has 0 heterocycles. The van der Waals surface area contributed by atoms with Gasteiger partial charge in [0.05, 0.1) is 6.10 Å². The van der Waals surface area contributed by atoms with Crippen LogP contribution in [-0.2, 0) is 9.22 Å². The van der Waals surface area contributed by atoms with Crippen LogP contribution in [-0.4, -0.2) is 25.0 Å². The number of ketones is 1.